The van der Waals surface area contributed by atoms with Crippen molar-refractivity contribution in [2.75, 3.05) is 0 Å². The molecule has 0 bridgehead atoms. The third-order valence-corrected chi connectivity index (χ3v) is 5.53. The summed E-state index contributed by atoms with van der Waals surface area (Å²) >= 11 is 10.5. The molecule has 0 aliphatic heterocycles. The summed E-state index contributed by atoms with van der Waals surface area (Å²) in [5.41, 5.74) is 0. The summed E-state index contributed by atoms with van der Waals surface area (Å²) in [4.78, 5) is 23.6. The second-order valence-corrected chi connectivity index (χ2v) is 6.92. The van der Waals surface area contributed by atoms with Crippen molar-refractivity contribution in [1.82, 2.24) is 0 Å². The number of carboxylic acid groups (broad SMARTS) is 1. The van der Waals surface area contributed by atoms with E-state index < -0.39 is 5.97 Å². The quantitative estimate of drug-likeness (QED) is 0.852. The lowest BCUT2D eigenvalue weighted by molar-refractivity contribution is -0.141. The molecule has 1 aliphatic rings. The molecule has 0 radical (unpaired) electrons. The normalized spacial score (nSPS) is 23.9. The lowest BCUT2D eigenvalue weighted by atomic mass is 9.99. The van der Waals surface area contributed by atoms with E-state index in [-0.39, 0.29) is 17.6 Å². The van der Waals surface area contributed by atoms with Gasteiger partial charge in [-0.05, 0) is 41.3 Å². The van der Waals surface area contributed by atoms with E-state index in [4.69, 9.17) is 16.7 Å². The molecule has 1 saturated carbocycles. The molecule has 1 fully saturated rings. The van der Waals surface area contributed by atoms with Crippen LogP contribution in [0.3, 0.4) is 0 Å². The van der Waals surface area contributed by atoms with Crippen molar-refractivity contribution in [1.29, 1.82) is 0 Å². The molecular formula is C11H10BrClO3S. The van der Waals surface area contributed by atoms with Crippen LogP contribution >= 0.6 is 38.9 Å². The largest absolute Gasteiger partial charge is 0.481 e. The van der Waals surface area contributed by atoms with Crippen LogP contribution in [0.15, 0.2) is 9.85 Å². The fourth-order valence-electron chi connectivity index (χ4n) is 2.11. The highest BCUT2D eigenvalue weighted by Crippen LogP contribution is 2.38. The topological polar surface area (TPSA) is 54.4 Å². The highest BCUT2D eigenvalue weighted by Gasteiger charge is 2.34. The second kappa shape index (κ2) is 5.08. The van der Waals surface area contributed by atoms with Crippen LogP contribution in [0.5, 0.6) is 0 Å². The monoisotopic (exact) mass is 336 g/mol. The van der Waals surface area contributed by atoms with E-state index in [1.807, 2.05) is 0 Å². The molecule has 1 N–H and O–H groups in total. The van der Waals surface area contributed by atoms with Crippen molar-refractivity contribution in [3.05, 3.63) is 19.8 Å². The zero-order valence-electron chi connectivity index (χ0n) is 8.78. The molecule has 1 aromatic rings. The predicted octanol–water partition coefficient (Wildman–Crippen LogP) is 3.85. The fraction of sp³-hybridized carbons (Fsp3) is 0.455. The molecule has 1 aromatic heterocycles. The van der Waals surface area contributed by atoms with E-state index in [0.29, 0.717) is 29.2 Å². The van der Waals surface area contributed by atoms with Crippen molar-refractivity contribution >= 4 is 50.6 Å². The van der Waals surface area contributed by atoms with Gasteiger partial charge in [-0.25, -0.2) is 0 Å². The first-order chi connectivity index (χ1) is 7.99. The maximum absolute atomic E-state index is 12.1. The number of thiophene rings is 1. The van der Waals surface area contributed by atoms with Crippen molar-refractivity contribution in [2.24, 2.45) is 11.8 Å². The van der Waals surface area contributed by atoms with E-state index in [9.17, 15) is 9.59 Å². The Hall–Kier alpha value is -0.390. The van der Waals surface area contributed by atoms with Crippen LogP contribution in [0.4, 0.5) is 0 Å². The molecule has 17 heavy (non-hydrogen) atoms. The minimum atomic E-state index is -0.800. The highest BCUT2D eigenvalue weighted by atomic mass is 79.9. The number of hydrogen-bond acceptors (Lipinski definition) is 3. The van der Waals surface area contributed by atoms with E-state index in [2.05, 4.69) is 15.9 Å². The Morgan fingerprint density at radius 1 is 1.41 bits per heavy atom. The first-order valence-electron chi connectivity index (χ1n) is 5.21. The summed E-state index contributed by atoms with van der Waals surface area (Å²) in [6, 6.07) is 1.65. The smallest absolute Gasteiger partial charge is 0.306 e. The van der Waals surface area contributed by atoms with Crippen LogP contribution < -0.4 is 0 Å². The first kappa shape index (κ1) is 13.1. The Bertz CT molecular complexity index is 452. The Kier molecular flexibility index (Phi) is 3.90. The van der Waals surface area contributed by atoms with Crippen LogP contribution in [-0.2, 0) is 4.79 Å². The second-order valence-electron chi connectivity index (χ2n) is 4.14. The van der Waals surface area contributed by atoms with Gasteiger partial charge in [-0.15, -0.1) is 11.3 Å². The highest BCUT2D eigenvalue weighted by molar-refractivity contribution is 9.11. The number of halogens is 2. The standard InChI is InChI=1S/C11H10BrClO3S/c12-10-7(13)4-8(17-10)9(14)5-1-2-6(3-5)11(15)16/h4-6H,1-3H2,(H,15,16). The van der Waals surface area contributed by atoms with Gasteiger partial charge in [0.2, 0.25) is 0 Å². The van der Waals surface area contributed by atoms with Gasteiger partial charge in [0.25, 0.3) is 0 Å². The number of hydrogen-bond donors (Lipinski definition) is 1. The summed E-state index contributed by atoms with van der Waals surface area (Å²) in [6.07, 6.45) is 1.69. The van der Waals surface area contributed by atoms with Crippen LogP contribution in [0.2, 0.25) is 5.02 Å². The fourth-order valence-corrected chi connectivity index (χ4v) is 3.83. The summed E-state index contributed by atoms with van der Waals surface area (Å²) in [6.45, 7) is 0. The summed E-state index contributed by atoms with van der Waals surface area (Å²) in [5.74, 6) is -1.32. The van der Waals surface area contributed by atoms with Gasteiger partial charge in [0.15, 0.2) is 5.78 Å². The molecule has 1 aliphatic carbocycles. The average molecular weight is 338 g/mol. The van der Waals surface area contributed by atoms with Crippen LogP contribution in [0.25, 0.3) is 0 Å². The molecule has 0 spiro atoms. The lowest BCUT2D eigenvalue weighted by Crippen LogP contribution is -2.13. The Labute approximate surface area is 116 Å². The molecule has 0 amide bonds. The molecular weight excluding hydrogens is 328 g/mol. The minimum Gasteiger partial charge on any atom is -0.481 e. The number of carbonyl (C=O) groups is 2. The summed E-state index contributed by atoms with van der Waals surface area (Å²) in [5, 5.41) is 9.43. The number of carbonyl (C=O) groups excluding carboxylic acids is 1. The number of ketones is 1. The Morgan fingerprint density at radius 3 is 2.53 bits per heavy atom. The molecule has 0 saturated heterocycles. The molecule has 6 heteroatoms. The van der Waals surface area contributed by atoms with Crippen LogP contribution in [0, 0.1) is 11.8 Å². The van der Waals surface area contributed by atoms with E-state index >= 15 is 0 Å². The van der Waals surface area contributed by atoms with Crippen molar-refractivity contribution in [2.45, 2.75) is 19.3 Å². The average Bonchev–Trinajstić information content (AvgIpc) is 2.86. The number of carboxylic acids is 1. The summed E-state index contributed by atoms with van der Waals surface area (Å²) < 4.78 is 0.746. The third kappa shape index (κ3) is 2.72. The van der Waals surface area contributed by atoms with Gasteiger partial charge < -0.3 is 5.11 Å². The van der Waals surface area contributed by atoms with Gasteiger partial charge in [0.1, 0.15) is 0 Å². The third-order valence-electron chi connectivity index (χ3n) is 3.04. The van der Waals surface area contributed by atoms with Gasteiger partial charge in [-0.3, -0.25) is 9.59 Å². The van der Waals surface area contributed by atoms with Crippen molar-refractivity contribution < 1.29 is 14.7 Å². The number of Topliss-reactive ketones (excluding diaryl/α,β-unsaturated/α-hetero) is 1. The SMILES string of the molecule is O=C(O)C1CCC(C(=O)c2cc(Cl)c(Br)s2)C1. The van der Waals surface area contributed by atoms with E-state index in [1.54, 1.807) is 6.07 Å². The Morgan fingerprint density at radius 2 is 2.06 bits per heavy atom. The Balaban J connectivity index is 2.09. The molecule has 2 unspecified atom stereocenters. The summed E-state index contributed by atoms with van der Waals surface area (Å²) in [7, 11) is 0. The lowest BCUT2D eigenvalue weighted by Gasteiger charge is -2.06. The molecule has 92 valence electrons. The van der Waals surface area contributed by atoms with Gasteiger partial charge in [0, 0.05) is 5.92 Å². The van der Waals surface area contributed by atoms with Crippen LogP contribution in [-0.4, -0.2) is 16.9 Å². The minimum absolute atomic E-state index is 0.0198. The maximum atomic E-state index is 12.1. The van der Waals surface area contributed by atoms with Crippen molar-refractivity contribution in [3.8, 4) is 0 Å². The van der Waals surface area contributed by atoms with Gasteiger partial charge in [-0.2, -0.15) is 0 Å². The molecule has 1 heterocycles. The van der Waals surface area contributed by atoms with Gasteiger partial charge in [-0.1, -0.05) is 11.6 Å². The molecule has 3 nitrogen and oxygen atoms in total. The van der Waals surface area contributed by atoms with E-state index in [0.717, 1.165) is 3.79 Å². The van der Waals surface area contributed by atoms with Crippen molar-refractivity contribution in [3.63, 3.8) is 0 Å². The van der Waals surface area contributed by atoms with Gasteiger partial charge >= 0.3 is 5.97 Å². The first-order valence-corrected chi connectivity index (χ1v) is 7.19. The number of rotatable bonds is 3. The zero-order chi connectivity index (χ0) is 12.6. The predicted molar refractivity (Wildman–Crippen MR) is 69.8 cm³/mol. The maximum Gasteiger partial charge on any atom is 0.306 e. The molecule has 2 atom stereocenters. The molecule has 0 aromatic carbocycles. The van der Waals surface area contributed by atoms with E-state index in [1.165, 1.54) is 11.3 Å². The molecule has 2 rings (SSSR count). The zero-order valence-corrected chi connectivity index (χ0v) is 11.9. The van der Waals surface area contributed by atoms with Gasteiger partial charge in [0.05, 0.1) is 19.6 Å². The number of aliphatic carboxylic acids is 1. The van der Waals surface area contributed by atoms with Crippen LogP contribution in [0.1, 0.15) is 28.9 Å².